The number of H-pyrrole nitrogens is 1. The number of aromatic amines is 1. The van der Waals surface area contributed by atoms with Crippen molar-refractivity contribution in [3.8, 4) is 5.75 Å². The number of nitrogen functional groups attached to an aromatic ring is 1. The molecule has 1 aliphatic rings. The molecule has 5 N–H and O–H groups in total. The normalized spacial score (nSPS) is 16.1. The second kappa shape index (κ2) is 6.76. The number of hydrogen-bond donors (Lipinski definition) is 4. The fourth-order valence-electron chi connectivity index (χ4n) is 2.96. The van der Waals surface area contributed by atoms with Gasteiger partial charge in [-0.05, 0) is 56.5 Å². The standard InChI is InChI=1S/C16H14Br2N4O4/c1-5-9(15(24)26-2)10(6-3-7(17)12(23)8(18)4-6)11-13(19)21-16(25)22-14(11)20-5/h3-4,10,23H,1-2H3,(H4,19,20,21,22,25). The number of fused-ring (bicyclic) bond motifs is 1. The zero-order chi connectivity index (χ0) is 19.2. The van der Waals surface area contributed by atoms with Gasteiger partial charge in [-0.15, -0.1) is 0 Å². The first-order valence-electron chi connectivity index (χ1n) is 7.38. The van der Waals surface area contributed by atoms with Crippen LogP contribution < -0.4 is 16.7 Å². The summed E-state index contributed by atoms with van der Waals surface area (Å²) in [6.07, 6.45) is 0. The summed E-state index contributed by atoms with van der Waals surface area (Å²) in [5.74, 6) is -0.822. The summed E-state index contributed by atoms with van der Waals surface area (Å²) in [7, 11) is 1.28. The number of rotatable bonds is 2. The summed E-state index contributed by atoms with van der Waals surface area (Å²) in [4.78, 5) is 30.5. The Kier molecular flexibility index (Phi) is 4.80. The van der Waals surface area contributed by atoms with E-state index in [4.69, 9.17) is 10.5 Å². The van der Waals surface area contributed by atoms with E-state index >= 15 is 0 Å². The smallest absolute Gasteiger partial charge is 0.348 e. The highest BCUT2D eigenvalue weighted by atomic mass is 79.9. The van der Waals surface area contributed by atoms with Gasteiger partial charge in [-0.25, -0.2) is 9.59 Å². The van der Waals surface area contributed by atoms with E-state index in [0.717, 1.165) is 0 Å². The van der Waals surface area contributed by atoms with Crippen molar-refractivity contribution in [2.45, 2.75) is 12.8 Å². The fraction of sp³-hybridized carbons (Fsp3) is 0.188. The fourth-order valence-corrected chi connectivity index (χ4v) is 4.18. The minimum atomic E-state index is -0.656. The molecule has 0 amide bonds. The van der Waals surface area contributed by atoms with Crippen molar-refractivity contribution < 1.29 is 14.6 Å². The van der Waals surface area contributed by atoms with E-state index in [1.807, 2.05) is 0 Å². The topological polar surface area (TPSA) is 130 Å². The quantitative estimate of drug-likeness (QED) is 0.481. The molecule has 1 aromatic carbocycles. The number of phenols is 1. The summed E-state index contributed by atoms with van der Waals surface area (Å²) in [5.41, 5.74) is 7.34. The van der Waals surface area contributed by atoms with Gasteiger partial charge in [0.25, 0.3) is 0 Å². The molecule has 0 bridgehead atoms. The molecule has 2 aromatic rings. The molecule has 0 fully saturated rings. The van der Waals surface area contributed by atoms with Crippen LogP contribution in [0.5, 0.6) is 5.75 Å². The zero-order valence-corrected chi connectivity index (χ0v) is 16.9. The van der Waals surface area contributed by atoms with Crippen LogP contribution in [0.2, 0.25) is 0 Å². The molecule has 1 unspecified atom stereocenters. The number of carbonyl (C=O) groups excluding carboxylic acids is 1. The first-order valence-corrected chi connectivity index (χ1v) is 8.96. The van der Waals surface area contributed by atoms with Crippen molar-refractivity contribution in [2.24, 2.45) is 0 Å². The van der Waals surface area contributed by atoms with Crippen LogP contribution in [0.4, 0.5) is 11.6 Å². The number of aromatic nitrogens is 2. The van der Waals surface area contributed by atoms with E-state index in [9.17, 15) is 14.7 Å². The van der Waals surface area contributed by atoms with Gasteiger partial charge in [0.05, 0.1) is 27.5 Å². The second-order valence-electron chi connectivity index (χ2n) is 5.64. The number of aromatic hydroxyl groups is 1. The van der Waals surface area contributed by atoms with E-state index in [1.165, 1.54) is 7.11 Å². The molecule has 0 saturated heterocycles. The lowest BCUT2D eigenvalue weighted by Gasteiger charge is -2.30. The number of ether oxygens (including phenoxy) is 1. The third-order valence-corrected chi connectivity index (χ3v) is 5.27. The van der Waals surface area contributed by atoms with Gasteiger partial charge in [0.2, 0.25) is 0 Å². The third-order valence-electron chi connectivity index (χ3n) is 4.07. The minimum absolute atomic E-state index is 0.0239. The molecule has 1 aromatic heterocycles. The van der Waals surface area contributed by atoms with E-state index in [-0.39, 0.29) is 17.4 Å². The number of benzene rings is 1. The molecular formula is C16H14Br2N4O4. The number of nitrogens with one attached hydrogen (secondary N) is 2. The lowest BCUT2D eigenvalue weighted by Crippen LogP contribution is -2.28. The monoisotopic (exact) mass is 484 g/mol. The maximum Gasteiger partial charge on any atom is 0.348 e. The van der Waals surface area contributed by atoms with Crippen molar-refractivity contribution in [2.75, 3.05) is 18.2 Å². The van der Waals surface area contributed by atoms with Crippen LogP contribution >= 0.6 is 31.9 Å². The number of esters is 1. The molecule has 3 rings (SSSR count). The van der Waals surface area contributed by atoms with Gasteiger partial charge >= 0.3 is 11.7 Å². The van der Waals surface area contributed by atoms with Crippen molar-refractivity contribution in [3.63, 3.8) is 0 Å². The number of hydrogen-bond acceptors (Lipinski definition) is 7. The maximum absolute atomic E-state index is 12.5. The number of nitrogens with zero attached hydrogens (tertiary/aromatic N) is 1. The number of methoxy groups -OCH3 is 1. The average molecular weight is 486 g/mol. The predicted octanol–water partition coefficient (Wildman–Crippen LogP) is 2.59. The summed E-state index contributed by atoms with van der Waals surface area (Å²) in [5, 5.41) is 12.9. The van der Waals surface area contributed by atoms with Gasteiger partial charge in [-0.1, -0.05) is 0 Å². The van der Waals surface area contributed by atoms with Gasteiger partial charge < -0.3 is 20.9 Å². The van der Waals surface area contributed by atoms with Crippen molar-refractivity contribution in [1.29, 1.82) is 0 Å². The largest absolute Gasteiger partial charge is 0.506 e. The van der Waals surface area contributed by atoms with Gasteiger partial charge in [-0.3, -0.25) is 4.98 Å². The number of allylic oxidation sites excluding steroid dienone is 1. The molecule has 8 nitrogen and oxygen atoms in total. The summed E-state index contributed by atoms with van der Waals surface area (Å²) >= 11 is 6.58. The second-order valence-corrected chi connectivity index (χ2v) is 7.35. The van der Waals surface area contributed by atoms with E-state index < -0.39 is 17.6 Å². The molecular weight excluding hydrogens is 472 g/mol. The van der Waals surface area contributed by atoms with Crippen LogP contribution in [0.25, 0.3) is 0 Å². The summed E-state index contributed by atoms with van der Waals surface area (Å²) in [6, 6.07) is 3.33. The average Bonchev–Trinajstić information content (AvgIpc) is 2.57. The Labute approximate surface area is 164 Å². The highest BCUT2D eigenvalue weighted by molar-refractivity contribution is 9.11. The molecule has 1 aliphatic heterocycles. The van der Waals surface area contributed by atoms with Crippen LogP contribution in [0, 0.1) is 0 Å². The Morgan fingerprint density at radius 2 is 1.96 bits per heavy atom. The number of phenolic OH excluding ortho intramolecular Hbond substituents is 1. The molecule has 0 aliphatic carbocycles. The maximum atomic E-state index is 12.5. The lowest BCUT2D eigenvalue weighted by atomic mass is 9.82. The van der Waals surface area contributed by atoms with Crippen molar-refractivity contribution in [1.82, 2.24) is 9.97 Å². The Morgan fingerprint density at radius 1 is 1.35 bits per heavy atom. The van der Waals surface area contributed by atoms with Crippen LogP contribution in [0.1, 0.15) is 24.0 Å². The molecule has 0 saturated carbocycles. The van der Waals surface area contributed by atoms with Gasteiger partial charge in [-0.2, -0.15) is 4.98 Å². The van der Waals surface area contributed by atoms with Crippen molar-refractivity contribution in [3.05, 3.63) is 54.0 Å². The zero-order valence-electron chi connectivity index (χ0n) is 13.7. The molecule has 2 heterocycles. The Balaban J connectivity index is 2.35. The van der Waals surface area contributed by atoms with Crippen LogP contribution in [0.15, 0.2) is 37.1 Å². The summed E-state index contributed by atoms with van der Waals surface area (Å²) in [6.45, 7) is 1.69. The van der Waals surface area contributed by atoms with E-state index in [2.05, 4.69) is 47.1 Å². The van der Waals surface area contributed by atoms with Crippen molar-refractivity contribution >= 4 is 49.5 Å². The van der Waals surface area contributed by atoms with E-state index in [0.29, 0.717) is 31.3 Å². The molecule has 26 heavy (non-hydrogen) atoms. The highest BCUT2D eigenvalue weighted by Gasteiger charge is 2.36. The first-order chi connectivity index (χ1) is 12.2. The van der Waals surface area contributed by atoms with Crippen LogP contribution in [-0.4, -0.2) is 28.2 Å². The lowest BCUT2D eigenvalue weighted by molar-refractivity contribution is -0.136. The number of halogens is 2. The number of nitrogens with two attached hydrogens (primary N) is 1. The molecule has 0 radical (unpaired) electrons. The third kappa shape index (κ3) is 2.99. The van der Waals surface area contributed by atoms with Crippen LogP contribution in [-0.2, 0) is 9.53 Å². The minimum Gasteiger partial charge on any atom is -0.506 e. The summed E-state index contributed by atoms with van der Waals surface area (Å²) < 4.78 is 5.79. The Morgan fingerprint density at radius 3 is 2.54 bits per heavy atom. The van der Waals surface area contributed by atoms with Gasteiger partial charge in [0.1, 0.15) is 17.4 Å². The SMILES string of the molecule is COC(=O)C1=C(C)Nc2nc(=O)[nH]c(N)c2C1c1cc(Br)c(O)c(Br)c1. The Bertz CT molecular complexity index is 993. The molecule has 1 atom stereocenters. The number of carbonyl (C=O) groups is 1. The van der Waals surface area contributed by atoms with Crippen LogP contribution in [0.3, 0.4) is 0 Å². The Hall–Kier alpha value is -2.33. The predicted molar refractivity (Wildman–Crippen MR) is 103 cm³/mol. The number of anilines is 2. The first kappa shape index (κ1) is 18.5. The van der Waals surface area contributed by atoms with E-state index in [1.54, 1.807) is 19.1 Å². The van der Waals surface area contributed by atoms with Gasteiger partial charge in [0, 0.05) is 11.3 Å². The molecule has 136 valence electrons. The highest BCUT2D eigenvalue weighted by Crippen LogP contribution is 2.45. The molecule has 0 spiro atoms. The van der Waals surface area contributed by atoms with Gasteiger partial charge in [0.15, 0.2) is 0 Å². The molecule has 10 heteroatoms.